The van der Waals surface area contributed by atoms with E-state index in [1.54, 1.807) is 7.05 Å². The van der Waals surface area contributed by atoms with Crippen LogP contribution in [0, 0.1) is 0 Å². The molecule has 0 aliphatic rings. The lowest BCUT2D eigenvalue weighted by Gasteiger charge is -2.12. The van der Waals surface area contributed by atoms with Gasteiger partial charge in [0, 0.05) is 19.6 Å². The Balaban J connectivity index is 3.11. The summed E-state index contributed by atoms with van der Waals surface area (Å²) in [5, 5.41) is 1.38. The van der Waals surface area contributed by atoms with Gasteiger partial charge in [0.25, 0.3) is 0 Å². The zero-order valence-electron chi connectivity index (χ0n) is 6.50. The van der Waals surface area contributed by atoms with Crippen LogP contribution in [0.4, 0.5) is 0 Å². The topological polar surface area (TPSA) is 58.4 Å². The van der Waals surface area contributed by atoms with Crippen molar-refractivity contribution in [2.45, 2.75) is 19.4 Å². The summed E-state index contributed by atoms with van der Waals surface area (Å²) in [5.41, 5.74) is 8.32. The van der Waals surface area contributed by atoms with E-state index in [4.69, 9.17) is 5.73 Å². The molecule has 0 aliphatic heterocycles. The van der Waals surface area contributed by atoms with Crippen LogP contribution in [0.25, 0.3) is 0 Å². The van der Waals surface area contributed by atoms with Gasteiger partial charge in [-0.1, -0.05) is 0 Å². The van der Waals surface area contributed by atoms with Crippen LogP contribution >= 0.6 is 0 Å². The van der Waals surface area contributed by atoms with Crippen LogP contribution in [0.5, 0.6) is 0 Å². The molecule has 0 rings (SSSR count). The van der Waals surface area contributed by atoms with Crippen LogP contribution < -0.4 is 11.2 Å². The predicted molar refractivity (Wildman–Crippen MR) is 40.1 cm³/mol. The number of amides is 1. The summed E-state index contributed by atoms with van der Waals surface area (Å²) in [6, 6.07) is 0.188. The molecule has 4 heteroatoms. The fourth-order valence-corrected chi connectivity index (χ4v) is 0.506. The van der Waals surface area contributed by atoms with E-state index in [0.717, 1.165) is 19.4 Å². The molecule has 4 nitrogen and oxygen atoms in total. The number of rotatable bonds is 5. The molecule has 0 aromatic carbocycles. The Bertz CT molecular complexity index is 95.0. The van der Waals surface area contributed by atoms with E-state index in [-0.39, 0.29) is 6.04 Å². The zero-order chi connectivity index (χ0) is 7.98. The number of hydrogen-bond donors (Lipinski definition) is 2. The lowest BCUT2D eigenvalue weighted by Crippen LogP contribution is -2.35. The van der Waals surface area contributed by atoms with Crippen molar-refractivity contribution in [3.63, 3.8) is 0 Å². The molecule has 0 spiro atoms. The van der Waals surface area contributed by atoms with Crippen molar-refractivity contribution in [3.8, 4) is 0 Å². The molecule has 0 fully saturated rings. The summed E-state index contributed by atoms with van der Waals surface area (Å²) >= 11 is 0. The number of nitrogens with two attached hydrogens (primary N) is 1. The minimum absolute atomic E-state index is 0.188. The summed E-state index contributed by atoms with van der Waals surface area (Å²) < 4.78 is 0. The lowest BCUT2D eigenvalue weighted by molar-refractivity contribution is -0.119. The first-order valence-corrected chi connectivity index (χ1v) is 3.34. The molecule has 1 unspecified atom stereocenters. The third-order valence-electron chi connectivity index (χ3n) is 1.12. The van der Waals surface area contributed by atoms with E-state index in [1.807, 2.05) is 6.92 Å². The normalized spacial score (nSPS) is 12.7. The minimum Gasteiger partial charge on any atom is -0.328 e. The van der Waals surface area contributed by atoms with Gasteiger partial charge in [0.15, 0.2) is 0 Å². The van der Waals surface area contributed by atoms with Crippen LogP contribution in [0.1, 0.15) is 13.3 Å². The van der Waals surface area contributed by atoms with Crippen molar-refractivity contribution >= 4 is 6.41 Å². The quantitative estimate of drug-likeness (QED) is 0.398. The third kappa shape index (κ3) is 5.53. The fourth-order valence-electron chi connectivity index (χ4n) is 0.506. The molecule has 0 heterocycles. The van der Waals surface area contributed by atoms with Gasteiger partial charge in [0.1, 0.15) is 0 Å². The molecule has 0 radical (unpaired) electrons. The van der Waals surface area contributed by atoms with Crippen molar-refractivity contribution in [1.29, 1.82) is 0 Å². The zero-order valence-corrected chi connectivity index (χ0v) is 6.50. The molecule has 0 saturated carbocycles. The maximum Gasteiger partial charge on any atom is 0.223 e. The van der Waals surface area contributed by atoms with Gasteiger partial charge in [-0.2, -0.15) is 0 Å². The first kappa shape index (κ1) is 9.39. The highest BCUT2D eigenvalue weighted by Gasteiger charge is 1.94. The van der Waals surface area contributed by atoms with E-state index < -0.39 is 0 Å². The summed E-state index contributed by atoms with van der Waals surface area (Å²) in [4.78, 5) is 10.0. The van der Waals surface area contributed by atoms with Crippen molar-refractivity contribution < 1.29 is 4.79 Å². The van der Waals surface area contributed by atoms with Gasteiger partial charge >= 0.3 is 0 Å². The highest BCUT2D eigenvalue weighted by molar-refractivity contribution is 5.45. The van der Waals surface area contributed by atoms with E-state index >= 15 is 0 Å². The Morgan fingerprint density at radius 3 is 2.80 bits per heavy atom. The van der Waals surface area contributed by atoms with Crippen LogP contribution in [0.3, 0.4) is 0 Å². The van der Waals surface area contributed by atoms with Gasteiger partial charge in [-0.25, -0.2) is 5.43 Å². The second-order valence-corrected chi connectivity index (χ2v) is 2.39. The first-order valence-electron chi connectivity index (χ1n) is 3.34. The van der Waals surface area contributed by atoms with Gasteiger partial charge in [0.2, 0.25) is 6.41 Å². The Kier molecular flexibility index (Phi) is 4.88. The largest absolute Gasteiger partial charge is 0.328 e. The maximum absolute atomic E-state index is 10.0. The average molecular weight is 145 g/mol. The van der Waals surface area contributed by atoms with E-state index in [9.17, 15) is 4.79 Å². The molecule has 60 valence electrons. The molecular weight excluding hydrogens is 130 g/mol. The Morgan fingerprint density at radius 1 is 1.80 bits per heavy atom. The molecule has 0 saturated heterocycles. The molecule has 1 atom stereocenters. The third-order valence-corrected chi connectivity index (χ3v) is 1.12. The SMILES string of the molecule is CC(N)CCNN(C)C=O. The number of nitrogens with one attached hydrogen (secondary N) is 1. The van der Waals surface area contributed by atoms with Crippen LogP contribution in [0.15, 0.2) is 0 Å². The molecule has 0 aliphatic carbocycles. The van der Waals surface area contributed by atoms with Gasteiger partial charge < -0.3 is 5.73 Å². The highest BCUT2D eigenvalue weighted by atomic mass is 16.1. The second kappa shape index (κ2) is 5.20. The molecule has 0 aromatic heterocycles. The summed E-state index contributed by atoms with van der Waals surface area (Å²) in [6.07, 6.45) is 1.60. The predicted octanol–water partition coefficient (Wildman–Crippen LogP) is -0.683. The summed E-state index contributed by atoms with van der Waals surface area (Å²) in [6.45, 7) is 2.68. The van der Waals surface area contributed by atoms with Crippen molar-refractivity contribution in [2.24, 2.45) is 5.73 Å². The molecule has 0 aromatic rings. The number of carbonyl (C=O) groups excluding carboxylic acids is 1. The Labute approximate surface area is 61.3 Å². The van der Waals surface area contributed by atoms with Gasteiger partial charge in [0.05, 0.1) is 0 Å². The van der Waals surface area contributed by atoms with Gasteiger partial charge in [-0.05, 0) is 13.3 Å². The minimum atomic E-state index is 0.188. The van der Waals surface area contributed by atoms with Crippen molar-refractivity contribution in [2.75, 3.05) is 13.6 Å². The molecular formula is C6H15N3O. The first-order chi connectivity index (χ1) is 4.66. The summed E-state index contributed by atoms with van der Waals surface area (Å²) in [7, 11) is 1.66. The molecule has 1 amide bonds. The van der Waals surface area contributed by atoms with Crippen LogP contribution in [0.2, 0.25) is 0 Å². The Hall–Kier alpha value is -0.610. The number of hydrogen-bond acceptors (Lipinski definition) is 3. The monoisotopic (exact) mass is 145 g/mol. The van der Waals surface area contributed by atoms with Crippen molar-refractivity contribution in [3.05, 3.63) is 0 Å². The van der Waals surface area contributed by atoms with Crippen molar-refractivity contribution in [1.82, 2.24) is 10.4 Å². The number of hydrazine groups is 1. The average Bonchev–Trinajstić information content (AvgIpc) is 1.87. The van der Waals surface area contributed by atoms with E-state index in [2.05, 4.69) is 5.43 Å². The maximum atomic E-state index is 10.0. The number of nitrogens with zero attached hydrogens (tertiary/aromatic N) is 1. The standard InChI is InChI=1S/C6H15N3O/c1-6(7)3-4-8-9(2)5-10/h5-6,8H,3-4,7H2,1-2H3. The van der Waals surface area contributed by atoms with Crippen LogP contribution in [-0.2, 0) is 4.79 Å². The molecule has 3 N–H and O–H groups in total. The van der Waals surface area contributed by atoms with E-state index in [1.165, 1.54) is 5.01 Å². The second-order valence-electron chi connectivity index (χ2n) is 2.39. The van der Waals surface area contributed by atoms with Crippen LogP contribution in [-0.4, -0.2) is 31.1 Å². The van der Waals surface area contributed by atoms with Gasteiger partial charge in [-0.3, -0.25) is 9.80 Å². The Morgan fingerprint density at radius 2 is 2.40 bits per heavy atom. The fraction of sp³-hybridized carbons (Fsp3) is 0.833. The lowest BCUT2D eigenvalue weighted by atomic mass is 10.3. The van der Waals surface area contributed by atoms with E-state index in [0.29, 0.717) is 0 Å². The summed E-state index contributed by atoms with van der Waals surface area (Å²) in [5.74, 6) is 0. The highest BCUT2D eigenvalue weighted by Crippen LogP contribution is 1.81. The molecule has 0 bridgehead atoms. The smallest absolute Gasteiger partial charge is 0.223 e. The number of carbonyl (C=O) groups is 1. The van der Waals surface area contributed by atoms with Gasteiger partial charge in [-0.15, -0.1) is 0 Å². The molecule has 10 heavy (non-hydrogen) atoms.